The molecule has 1 unspecified atom stereocenters. The van der Waals surface area contributed by atoms with Crippen LogP contribution in [0.25, 0.3) is 0 Å². The molecule has 2 nitrogen and oxygen atoms in total. The minimum atomic E-state index is 0.225. The molecule has 0 aromatic heterocycles. The molecule has 0 N–H and O–H groups in total. The second kappa shape index (κ2) is 5.08. The van der Waals surface area contributed by atoms with Crippen LogP contribution >= 0.6 is 23.4 Å². The fraction of sp³-hybridized carbons (Fsp3) is 0.357. The Kier molecular flexibility index (Phi) is 3.46. The third kappa shape index (κ3) is 2.63. The van der Waals surface area contributed by atoms with Gasteiger partial charge in [-0.25, -0.2) is 0 Å². The number of nitrogens with zero attached hydrogens (tertiary/aromatic N) is 1. The molecule has 2 heterocycles. The van der Waals surface area contributed by atoms with Crippen molar-refractivity contribution >= 4 is 28.5 Å². The van der Waals surface area contributed by atoms with E-state index >= 15 is 0 Å². The van der Waals surface area contributed by atoms with Crippen molar-refractivity contribution in [1.82, 2.24) is 4.90 Å². The van der Waals surface area contributed by atoms with Crippen LogP contribution in [0.1, 0.15) is 12.0 Å². The van der Waals surface area contributed by atoms with Gasteiger partial charge < -0.3 is 0 Å². The number of fused-ring (bicyclic) bond motifs is 1. The Morgan fingerprint density at radius 1 is 1.33 bits per heavy atom. The number of hydrogen-bond acceptors (Lipinski definition) is 3. The summed E-state index contributed by atoms with van der Waals surface area (Å²) in [5, 5.41) is 1.44. The highest BCUT2D eigenvalue weighted by atomic mass is 35.5. The van der Waals surface area contributed by atoms with Crippen molar-refractivity contribution < 1.29 is 4.79 Å². The lowest BCUT2D eigenvalue weighted by atomic mass is 10.0. The molecule has 2 aliphatic heterocycles. The van der Waals surface area contributed by atoms with Crippen molar-refractivity contribution in [2.45, 2.75) is 18.2 Å². The summed E-state index contributed by atoms with van der Waals surface area (Å²) in [7, 11) is 0. The summed E-state index contributed by atoms with van der Waals surface area (Å²) in [5.41, 5.74) is 2.57. The normalized spacial score (nSPS) is 23.9. The highest BCUT2D eigenvalue weighted by molar-refractivity contribution is 8.15. The van der Waals surface area contributed by atoms with Gasteiger partial charge in [-0.2, -0.15) is 0 Å². The number of carbonyl (C=O) groups is 1. The lowest BCUT2D eigenvalue weighted by Crippen LogP contribution is -2.35. The van der Waals surface area contributed by atoms with Gasteiger partial charge in [0.05, 0.1) is 0 Å². The maximum absolute atomic E-state index is 11.4. The molecule has 0 aliphatic carbocycles. The summed E-state index contributed by atoms with van der Waals surface area (Å²) in [6.07, 6.45) is 2.90. The van der Waals surface area contributed by atoms with Crippen molar-refractivity contribution in [3.63, 3.8) is 0 Å². The molecule has 0 saturated carbocycles. The van der Waals surface area contributed by atoms with Crippen LogP contribution in [0.2, 0.25) is 5.02 Å². The first-order valence-corrected chi connectivity index (χ1v) is 7.34. The fourth-order valence-corrected chi connectivity index (χ4v) is 3.65. The number of rotatable bonds is 2. The molecule has 1 aromatic rings. The Bertz CT molecular complexity index is 497. The molecular weight excluding hydrogens is 266 g/mol. The van der Waals surface area contributed by atoms with Gasteiger partial charge in [-0.05, 0) is 35.8 Å². The van der Waals surface area contributed by atoms with Crippen molar-refractivity contribution in [3.05, 3.63) is 46.5 Å². The summed E-state index contributed by atoms with van der Waals surface area (Å²) in [4.78, 5) is 13.8. The molecule has 0 bridgehead atoms. The Hall–Kier alpha value is -0.770. The summed E-state index contributed by atoms with van der Waals surface area (Å²) < 4.78 is 0. The zero-order valence-electron chi connectivity index (χ0n) is 9.93. The van der Waals surface area contributed by atoms with E-state index in [1.54, 1.807) is 0 Å². The Morgan fingerprint density at radius 2 is 2.11 bits per heavy atom. The van der Waals surface area contributed by atoms with Crippen LogP contribution in [0.5, 0.6) is 0 Å². The molecule has 3 rings (SSSR count). The number of hydrogen-bond donors (Lipinski definition) is 0. The second-order valence-electron chi connectivity index (χ2n) is 4.77. The number of benzene rings is 1. The summed E-state index contributed by atoms with van der Waals surface area (Å²) in [6.45, 7) is 2.91. The molecule has 1 saturated heterocycles. The molecule has 4 heteroatoms. The Balaban J connectivity index is 1.66. The summed E-state index contributed by atoms with van der Waals surface area (Å²) >= 11 is 7.36. The van der Waals surface area contributed by atoms with Crippen LogP contribution in [0.15, 0.2) is 35.9 Å². The van der Waals surface area contributed by atoms with Gasteiger partial charge in [-0.15, -0.1) is 0 Å². The molecule has 1 atom stereocenters. The van der Waals surface area contributed by atoms with E-state index in [4.69, 9.17) is 11.6 Å². The van der Waals surface area contributed by atoms with Gasteiger partial charge in [0.15, 0.2) is 0 Å². The van der Waals surface area contributed by atoms with Gasteiger partial charge in [0.2, 0.25) is 5.12 Å². The largest absolute Gasteiger partial charge is 0.295 e. The number of thioether (sulfide) groups is 1. The van der Waals surface area contributed by atoms with E-state index in [1.165, 1.54) is 22.9 Å². The van der Waals surface area contributed by atoms with Crippen LogP contribution < -0.4 is 0 Å². The lowest BCUT2D eigenvalue weighted by Gasteiger charge is -2.31. The van der Waals surface area contributed by atoms with E-state index in [2.05, 4.69) is 17.0 Å². The molecular formula is C14H14ClNOS. The van der Waals surface area contributed by atoms with Crippen molar-refractivity contribution in [2.75, 3.05) is 13.1 Å². The zero-order chi connectivity index (χ0) is 12.5. The zero-order valence-corrected chi connectivity index (χ0v) is 11.5. The van der Waals surface area contributed by atoms with Crippen LogP contribution in [0, 0.1) is 0 Å². The average Bonchev–Trinajstić information content (AvgIpc) is 2.71. The van der Waals surface area contributed by atoms with E-state index in [1.807, 2.05) is 18.2 Å². The highest BCUT2D eigenvalue weighted by Gasteiger charge is 2.30. The lowest BCUT2D eigenvalue weighted by molar-refractivity contribution is -0.106. The van der Waals surface area contributed by atoms with E-state index in [0.717, 1.165) is 31.1 Å². The number of likely N-dealkylation sites (tertiary alicyclic amines) is 1. The first-order valence-electron chi connectivity index (χ1n) is 6.08. The molecule has 2 aliphatic rings. The topological polar surface area (TPSA) is 20.3 Å². The van der Waals surface area contributed by atoms with Crippen molar-refractivity contribution in [2.24, 2.45) is 0 Å². The van der Waals surface area contributed by atoms with Crippen LogP contribution in [-0.4, -0.2) is 28.4 Å². The third-order valence-electron chi connectivity index (χ3n) is 3.41. The van der Waals surface area contributed by atoms with Crippen LogP contribution in [-0.2, 0) is 11.3 Å². The van der Waals surface area contributed by atoms with Gasteiger partial charge in [-0.1, -0.05) is 35.5 Å². The maximum atomic E-state index is 11.4. The molecule has 0 spiro atoms. The van der Waals surface area contributed by atoms with Gasteiger partial charge in [0.25, 0.3) is 0 Å². The van der Waals surface area contributed by atoms with Crippen molar-refractivity contribution in [1.29, 1.82) is 0 Å². The first kappa shape index (κ1) is 12.3. The minimum Gasteiger partial charge on any atom is -0.295 e. The smallest absolute Gasteiger partial charge is 0.212 e. The van der Waals surface area contributed by atoms with Gasteiger partial charge in [0.1, 0.15) is 0 Å². The van der Waals surface area contributed by atoms with E-state index in [-0.39, 0.29) is 5.12 Å². The first-order chi connectivity index (χ1) is 8.70. The Labute approximate surface area is 116 Å². The van der Waals surface area contributed by atoms with Crippen LogP contribution in [0.4, 0.5) is 0 Å². The molecule has 0 amide bonds. The average molecular weight is 280 g/mol. The predicted octanol–water partition coefficient (Wildman–Crippen LogP) is 3.11. The highest BCUT2D eigenvalue weighted by Crippen LogP contribution is 2.34. The number of piperidine rings is 1. The molecule has 0 radical (unpaired) electrons. The third-order valence-corrected chi connectivity index (χ3v) is 4.83. The Morgan fingerprint density at radius 3 is 2.89 bits per heavy atom. The predicted molar refractivity (Wildman–Crippen MR) is 75.8 cm³/mol. The van der Waals surface area contributed by atoms with Crippen molar-refractivity contribution in [3.8, 4) is 0 Å². The fourth-order valence-electron chi connectivity index (χ4n) is 2.51. The molecule has 94 valence electrons. The van der Waals surface area contributed by atoms with E-state index in [9.17, 15) is 4.79 Å². The SMILES string of the molecule is O=C1C=C2CN(Cc3ccc(Cl)cc3)CCC2S1. The van der Waals surface area contributed by atoms with Crippen LogP contribution in [0.3, 0.4) is 0 Å². The molecule has 1 fully saturated rings. The molecule has 1 aromatic carbocycles. The molecule has 18 heavy (non-hydrogen) atoms. The van der Waals surface area contributed by atoms with Gasteiger partial charge >= 0.3 is 0 Å². The maximum Gasteiger partial charge on any atom is 0.212 e. The summed E-state index contributed by atoms with van der Waals surface area (Å²) in [6, 6.07) is 7.99. The quantitative estimate of drug-likeness (QED) is 0.830. The number of carbonyl (C=O) groups excluding carboxylic acids is 1. The van der Waals surface area contributed by atoms with Gasteiger partial charge in [-0.3, -0.25) is 9.69 Å². The monoisotopic (exact) mass is 279 g/mol. The van der Waals surface area contributed by atoms with E-state index < -0.39 is 0 Å². The second-order valence-corrected chi connectivity index (χ2v) is 6.41. The minimum absolute atomic E-state index is 0.225. The number of halogens is 1. The standard InChI is InChI=1S/C14H14ClNOS/c15-12-3-1-10(2-4-12)8-16-6-5-13-11(9-16)7-14(17)18-13/h1-4,7,13H,5-6,8-9H2. The van der Waals surface area contributed by atoms with Gasteiger partial charge in [0, 0.05) is 29.9 Å². The summed E-state index contributed by atoms with van der Waals surface area (Å²) in [5.74, 6) is 0. The van der Waals surface area contributed by atoms with E-state index in [0.29, 0.717) is 5.25 Å².